The third-order valence-corrected chi connectivity index (χ3v) is 7.00. The normalized spacial score (nSPS) is 23.1. The number of carbonyl (C=O) groups is 5. The Morgan fingerprint density at radius 2 is 1.86 bits per heavy atom. The van der Waals surface area contributed by atoms with Gasteiger partial charge in [0, 0.05) is 37.1 Å². The van der Waals surface area contributed by atoms with Gasteiger partial charge in [0.05, 0.1) is 19.8 Å². The van der Waals surface area contributed by atoms with Crippen LogP contribution in [0.25, 0.3) is 0 Å². The Labute approximate surface area is 210 Å². The Kier molecular flexibility index (Phi) is 6.92. The van der Waals surface area contributed by atoms with Gasteiger partial charge in [-0.2, -0.15) is 0 Å². The van der Waals surface area contributed by atoms with E-state index >= 15 is 0 Å². The van der Waals surface area contributed by atoms with Crippen LogP contribution in [0.1, 0.15) is 59.9 Å². The highest BCUT2D eigenvalue weighted by molar-refractivity contribution is 6.04. The van der Waals surface area contributed by atoms with Gasteiger partial charge in [-0.1, -0.05) is 6.07 Å². The first kappa shape index (κ1) is 25.8. The van der Waals surface area contributed by atoms with Crippen molar-refractivity contribution in [3.8, 4) is 0 Å². The van der Waals surface area contributed by atoms with Crippen LogP contribution in [-0.2, 0) is 30.4 Å². The predicted octanol–water partition coefficient (Wildman–Crippen LogP) is 1.15. The van der Waals surface area contributed by atoms with Crippen molar-refractivity contribution in [3.05, 3.63) is 34.9 Å². The number of fused-ring (bicyclic) bond motifs is 2. The second-order valence-corrected chi connectivity index (χ2v) is 10.9. The van der Waals surface area contributed by atoms with E-state index < -0.39 is 23.5 Å². The van der Waals surface area contributed by atoms with Crippen LogP contribution in [0.5, 0.6) is 0 Å². The van der Waals surface area contributed by atoms with Gasteiger partial charge in [-0.05, 0) is 56.7 Å². The molecule has 2 aliphatic heterocycles. The van der Waals surface area contributed by atoms with Crippen molar-refractivity contribution in [2.75, 3.05) is 26.8 Å². The fraction of sp³-hybridized carbons (Fsp3) is 0.577. The van der Waals surface area contributed by atoms with Crippen molar-refractivity contribution in [1.29, 1.82) is 0 Å². The Morgan fingerprint density at radius 1 is 1.19 bits per heavy atom. The van der Waals surface area contributed by atoms with Gasteiger partial charge in [0.25, 0.3) is 5.91 Å². The fourth-order valence-corrected chi connectivity index (χ4v) is 5.11. The first-order valence-electron chi connectivity index (χ1n) is 12.2. The monoisotopic (exact) mass is 499 g/mol. The summed E-state index contributed by atoms with van der Waals surface area (Å²) in [5.74, 6) is -1.39. The van der Waals surface area contributed by atoms with E-state index in [1.54, 1.807) is 46.0 Å². The smallest absolute Gasteiger partial charge is 0.306 e. The van der Waals surface area contributed by atoms with E-state index in [1.807, 2.05) is 0 Å². The lowest BCUT2D eigenvalue weighted by molar-refractivity contribution is -0.155. The zero-order chi connectivity index (χ0) is 26.4. The van der Waals surface area contributed by atoms with E-state index in [9.17, 15) is 24.0 Å². The van der Waals surface area contributed by atoms with Gasteiger partial charge in [-0.25, -0.2) is 0 Å². The molecule has 4 atom stereocenters. The molecular formula is C26H33N3O7. The number of rotatable bonds is 9. The number of primary amides is 1. The molecule has 4 rings (SSSR count). The van der Waals surface area contributed by atoms with Gasteiger partial charge in [0.2, 0.25) is 11.8 Å². The third-order valence-electron chi connectivity index (χ3n) is 7.00. The molecule has 1 saturated heterocycles. The topological polar surface area (TPSA) is 136 Å². The molecule has 1 aromatic rings. The number of hydrogen-bond donors (Lipinski definition) is 1. The summed E-state index contributed by atoms with van der Waals surface area (Å²) in [4.78, 5) is 65.6. The molecule has 2 fully saturated rings. The maximum absolute atomic E-state index is 13.0. The van der Waals surface area contributed by atoms with Crippen molar-refractivity contribution >= 4 is 29.5 Å². The SMILES string of the molecule is CN(CC(=O)c1ccc2c(c1)CN(C(CCC(=O)OC(C)(C)C)C(N)=O)C2=O)C(=O)C1[C@H]2COC[C@@H]12. The standard InChI is InChI=1S/C26H33N3O7/c1-26(2,3)36-21(31)8-7-19(23(27)32)29-10-15-9-14(5-6-16(15)24(29)33)20(30)11-28(4)25(34)22-17-12-35-13-18(17)22/h5-6,9,17-19,22H,7-8,10-13H2,1-4H3,(H2,27,32)/t17-,18+,19?,22?. The fourth-order valence-electron chi connectivity index (χ4n) is 5.11. The molecule has 36 heavy (non-hydrogen) atoms. The summed E-state index contributed by atoms with van der Waals surface area (Å²) in [6, 6.07) is 3.75. The van der Waals surface area contributed by atoms with Crippen LogP contribution in [0.2, 0.25) is 0 Å². The number of amides is 3. The molecule has 2 unspecified atom stereocenters. The van der Waals surface area contributed by atoms with Crippen LogP contribution in [0.15, 0.2) is 18.2 Å². The van der Waals surface area contributed by atoms with Crippen LogP contribution in [-0.4, -0.2) is 77.7 Å². The largest absolute Gasteiger partial charge is 0.460 e. The first-order valence-corrected chi connectivity index (χ1v) is 12.2. The number of ether oxygens (including phenoxy) is 2. The minimum absolute atomic E-state index is 0.0386. The maximum atomic E-state index is 13.0. The Balaban J connectivity index is 1.39. The van der Waals surface area contributed by atoms with Gasteiger partial charge in [-0.15, -0.1) is 0 Å². The number of likely N-dealkylation sites (N-methyl/N-ethyl adjacent to an activating group) is 1. The molecule has 3 amide bonds. The summed E-state index contributed by atoms with van der Waals surface area (Å²) < 4.78 is 10.6. The van der Waals surface area contributed by atoms with Crippen molar-refractivity contribution in [1.82, 2.24) is 9.80 Å². The van der Waals surface area contributed by atoms with Crippen LogP contribution in [0.4, 0.5) is 0 Å². The van der Waals surface area contributed by atoms with Crippen LogP contribution in [0.3, 0.4) is 0 Å². The van der Waals surface area contributed by atoms with E-state index in [0.29, 0.717) is 29.9 Å². The zero-order valence-corrected chi connectivity index (χ0v) is 21.1. The molecule has 2 heterocycles. The predicted molar refractivity (Wildman–Crippen MR) is 128 cm³/mol. The lowest BCUT2D eigenvalue weighted by Crippen LogP contribution is -2.45. The lowest BCUT2D eigenvalue weighted by atomic mass is 10.0. The zero-order valence-electron chi connectivity index (χ0n) is 21.1. The van der Waals surface area contributed by atoms with Crippen molar-refractivity contribution in [2.45, 2.75) is 51.8 Å². The molecular weight excluding hydrogens is 466 g/mol. The molecule has 1 saturated carbocycles. The van der Waals surface area contributed by atoms with Gasteiger partial charge >= 0.3 is 5.97 Å². The second-order valence-electron chi connectivity index (χ2n) is 10.9. The minimum Gasteiger partial charge on any atom is -0.460 e. The highest BCUT2D eigenvalue weighted by atomic mass is 16.6. The first-order chi connectivity index (χ1) is 16.9. The van der Waals surface area contributed by atoms with Crippen molar-refractivity contribution in [2.24, 2.45) is 23.5 Å². The van der Waals surface area contributed by atoms with Gasteiger partial charge in [0.15, 0.2) is 5.78 Å². The van der Waals surface area contributed by atoms with E-state index in [1.165, 1.54) is 9.80 Å². The molecule has 0 spiro atoms. The number of ketones is 1. The van der Waals surface area contributed by atoms with E-state index in [2.05, 4.69) is 0 Å². The van der Waals surface area contributed by atoms with Crippen LogP contribution < -0.4 is 5.73 Å². The molecule has 3 aliphatic rings. The molecule has 2 N–H and O–H groups in total. The van der Waals surface area contributed by atoms with Gasteiger partial charge in [-0.3, -0.25) is 24.0 Å². The molecule has 1 aliphatic carbocycles. The molecule has 194 valence electrons. The highest BCUT2D eigenvalue weighted by Gasteiger charge is 2.58. The average molecular weight is 500 g/mol. The molecule has 0 aromatic heterocycles. The Bertz CT molecular complexity index is 1100. The minimum atomic E-state index is -0.984. The summed E-state index contributed by atoms with van der Waals surface area (Å²) >= 11 is 0. The summed E-state index contributed by atoms with van der Waals surface area (Å²) in [6.07, 6.45) is -0.0270. The maximum Gasteiger partial charge on any atom is 0.306 e. The molecule has 1 aromatic carbocycles. The Morgan fingerprint density at radius 3 is 2.47 bits per heavy atom. The number of benzene rings is 1. The van der Waals surface area contributed by atoms with Crippen molar-refractivity contribution < 1.29 is 33.4 Å². The average Bonchev–Trinajstić information content (AvgIpc) is 3.09. The summed E-state index contributed by atoms with van der Waals surface area (Å²) in [5.41, 5.74) is 6.26. The molecule has 0 radical (unpaired) electrons. The second kappa shape index (κ2) is 9.65. The van der Waals surface area contributed by atoms with Gasteiger partial charge < -0.3 is 25.0 Å². The molecule has 10 nitrogen and oxygen atoms in total. The number of hydrogen-bond acceptors (Lipinski definition) is 7. The van der Waals surface area contributed by atoms with Crippen molar-refractivity contribution in [3.63, 3.8) is 0 Å². The summed E-state index contributed by atoms with van der Waals surface area (Å²) in [7, 11) is 1.62. The number of nitrogens with zero attached hydrogens (tertiary/aromatic N) is 2. The number of carbonyl (C=O) groups excluding carboxylic acids is 5. The van der Waals surface area contributed by atoms with E-state index in [4.69, 9.17) is 15.2 Å². The number of Topliss-reactive ketones (excluding diaryl/α,β-unsaturated/α-hetero) is 1. The van der Waals surface area contributed by atoms with Crippen LogP contribution >= 0.6 is 0 Å². The highest BCUT2D eigenvalue weighted by Crippen LogP contribution is 2.51. The number of esters is 1. The van der Waals surface area contributed by atoms with Gasteiger partial charge in [0.1, 0.15) is 11.6 Å². The lowest BCUT2D eigenvalue weighted by Gasteiger charge is -2.25. The summed E-state index contributed by atoms with van der Waals surface area (Å²) in [5, 5.41) is 0. The van der Waals surface area contributed by atoms with E-state index in [-0.39, 0.29) is 61.3 Å². The van der Waals surface area contributed by atoms with Crippen LogP contribution in [0, 0.1) is 17.8 Å². The Hall–Kier alpha value is -3.27. The van der Waals surface area contributed by atoms with E-state index in [0.717, 1.165) is 0 Å². The molecule has 0 bridgehead atoms. The third kappa shape index (κ3) is 5.28. The quantitative estimate of drug-likeness (QED) is 0.398. The number of nitrogens with two attached hydrogens (primary N) is 1. The molecule has 10 heteroatoms. The summed E-state index contributed by atoms with van der Waals surface area (Å²) in [6.45, 7) is 6.47.